The van der Waals surface area contributed by atoms with Crippen LogP contribution >= 0.6 is 0 Å². The van der Waals surface area contributed by atoms with Gasteiger partial charge in [0.1, 0.15) is 25.3 Å². The molecule has 0 radical (unpaired) electrons. The normalized spacial score (nSPS) is 12.3. The van der Waals surface area contributed by atoms with Gasteiger partial charge in [-0.15, -0.1) is 0 Å². The van der Waals surface area contributed by atoms with Gasteiger partial charge in [-0.2, -0.15) is 0 Å². The topological polar surface area (TPSA) is 251 Å². The summed E-state index contributed by atoms with van der Waals surface area (Å²) in [5, 5.41) is 25.3. The molecule has 0 aliphatic rings. The van der Waals surface area contributed by atoms with E-state index < -0.39 is 24.0 Å². The molecule has 0 saturated heterocycles. The van der Waals surface area contributed by atoms with Crippen LogP contribution in [0.4, 0.5) is 0 Å². The Balaban J connectivity index is 3.40. The van der Waals surface area contributed by atoms with Crippen molar-refractivity contribution in [2.75, 3.05) is 72.5 Å². The van der Waals surface area contributed by atoms with E-state index in [1.54, 1.807) is 0 Å². The van der Waals surface area contributed by atoms with Gasteiger partial charge in [0.15, 0.2) is 0 Å². The van der Waals surface area contributed by atoms with Crippen molar-refractivity contribution in [1.29, 1.82) is 0 Å². The van der Waals surface area contributed by atoms with Gasteiger partial charge >= 0.3 is 11.9 Å². The Morgan fingerprint density at radius 1 is 0.550 bits per heavy atom. The molecular formula is C24H45N5O11. The SMILES string of the molecule is NC(CCCCNC(=O)COCCOCCNC(=O)COCCOCCCNC(=O)CCC(N)C(=O)O)C(=O)O. The Morgan fingerprint density at radius 3 is 1.62 bits per heavy atom. The average Bonchev–Trinajstić information content (AvgIpc) is 2.91. The van der Waals surface area contributed by atoms with Gasteiger partial charge in [0.25, 0.3) is 0 Å². The van der Waals surface area contributed by atoms with Crippen LogP contribution in [0.3, 0.4) is 0 Å². The summed E-state index contributed by atoms with van der Waals surface area (Å²) in [7, 11) is 0. The molecule has 0 spiro atoms. The van der Waals surface area contributed by atoms with Crippen molar-refractivity contribution in [2.45, 2.75) is 50.6 Å². The zero-order chi connectivity index (χ0) is 30.0. The predicted octanol–water partition coefficient (Wildman–Crippen LogP) is -2.43. The number of rotatable bonds is 27. The molecule has 9 N–H and O–H groups in total. The average molecular weight is 580 g/mol. The van der Waals surface area contributed by atoms with Crippen LogP contribution in [0.1, 0.15) is 38.5 Å². The smallest absolute Gasteiger partial charge is 0.320 e. The summed E-state index contributed by atoms with van der Waals surface area (Å²) >= 11 is 0. The van der Waals surface area contributed by atoms with Gasteiger partial charge in [0, 0.05) is 32.7 Å². The zero-order valence-corrected chi connectivity index (χ0v) is 22.9. The van der Waals surface area contributed by atoms with Crippen molar-refractivity contribution in [2.24, 2.45) is 11.5 Å². The Kier molecular flexibility index (Phi) is 23.3. The molecule has 0 heterocycles. The van der Waals surface area contributed by atoms with E-state index >= 15 is 0 Å². The predicted molar refractivity (Wildman–Crippen MR) is 141 cm³/mol. The van der Waals surface area contributed by atoms with E-state index in [1.165, 1.54) is 0 Å². The van der Waals surface area contributed by atoms with Crippen molar-refractivity contribution in [1.82, 2.24) is 16.0 Å². The van der Waals surface area contributed by atoms with Crippen LogP contribution in [0.2, 0.25) is 0 Å². The number of unbranched alkanes of at least 4 members (excludes halogenated alkanes) is 1. The third kappa shape index (κ3) is 24.2. The number of nitrogens with two attached hydrogens (primary N) is 2. The molecule has 0 aliphatic heterocycles. The number of carboxylic acid groups (broad SMARTS) is 2. The molecule has 2 unspecified atom stereocenters. The van der Waals surface area contributed by atoms with Gasteiger partial charge in [-0.1, -0.05) is 0 Å². The van der Waals surface area contributed by atoms with E-state index in [0.717, 1.165) is 0 Å². The standard InChI is InChI=1S/C24H45N5O11/c25-18(23(33)34)4-1-2-7-28-21(31)16-40-15-13-38-11-9-29-22(32)17-39-14-12-37-10-3-8-27-20(30)6-5-19(26)24(35)36/h18-19H,1-17,25-26H2,(H,27,30)(H,28,31)(H,29,32)(H,33,34)(H,35,36). The molecule has 3 amide bonds. The van der Waals surface area contributed by atoms with E-state index in [2.05, 4.69) is 16.0 Å². The number of hydrogen-bond donors (Lipinski definition) is 7. The first-order valence-electron chi connectivity index (χ1n) is 13.2. The molecule has 0 rings (SSSR count). The first-order valence-corrected chi connectivity index (χ1v) is 13.2. The Hall–Kier alpha value is -2.89. The molecule has 16 nitrogen and oxygen atoms in total. The Bertz CT molecular complexity index is 742. The van der Waals surface area contributed by atoms with Crippen molar-refractivity contribution >= 4 is 29.7 Å². The van der Waals surface area contributed by atoms with Crippen molar-refractivity contribution in [3.05, 3.63) is 0 Å². The number of nitrogens with one attached hydrogen (secondary N) is 3. The summed E-state index contributed by atoms with van der Waals surface area (Å²) in [6.45, 7) is 2.51. The molecule has 40 heavy (non-hydrogen) atoms. The minimum absolute atomic E-state index is 0.0453. The van der Waals surface area contributed by atoms with Crippen molar-refractivity contribution < 1.29 is 53.1 Å². The third-order valence-electron chi connectivity index (χ3n) is 5.15. The number of carboxylic acids is 2. The first kappa shape index (κ1) is 37.1. The fourth-order valence-corrected chi connectivity index (χ4v) is 2.88. The fraction of sp³-hybridized carbons (Fsp3) is 0.792. The van der Waals surface area contributed by atoms with Crippen LogP contribution in [-0.4, -0.2) is 124 Å². The summed E-state index contributed by atoms with van der Waals surface area (Å²) in [6.07, 6.45) is 2.27. The van der Waals surface area contributed by atoms with E-state index in [4.69, 9.17) is 40.6 Å². The molecule has 232 valence electrons. The monoisotopic (exact) mass is 579 g/mol. The maximum absolute atomic E-state index is 11.7. The highest BCUT2D eigenvalue weighted by Crippen LogP contribution is 1.98. The molecule has 2 atom stereocenters. The van der Waals surface area contributed by atoms with Crippen LogP contribution in [0.15, 0.2) is 0 Å². The minimum Gasteiger partial charge on any atom is -0.480 e. The summed E-state index contributed by atoms with van der Waals surface area (Å²) in [5.74, 6) is -3.02. The van der Waals surface area contributed by atoms with Gasteiger partial charge in [-0.05, 0) is 32.1 Å². The van der Waals surface area contributed by atoms with Gasteiger partial charge in [-0.3, -0.25) is 24.0 Å². The highest BCUT2D eigenvalue weighted by Gasteiger charge is 2.13. The van der Waals surface area contributed by atoms with Crippen LogP contribution < -0.4 is 27.4 Å². The maximum atomic E-state index is 11.7. The lowest BCUT2D eigenvalue weighted by atomic mass is 10.1. The van der Waals surface area contributed by atoms with E-state index in [-0.39, 0.29) is 76.8 Å². The lowest BCUT2D eigenvalue weighted by Gasteiger charge is -2.09. The summed E-state index contributed by atoms with van der Waals surface area (Å²) in [6, 6.07) is -1.93. The molecule has 0 aromatic heterocycles. The zero-order valence-electron chi connectivity index (χ0n) is 22.9. The van der Waals surface area contributed by atoms with E-state index in [0.29, 0.717) is 51.9 Å². The molecule has 0 saturated carbocycles. The summed E-state index contributed by atoms with van der Waals surface area (Å²) < 4.78 is 21.1. The number of aliphatic carboxylic acids is 2. The van der Waals surface area contributed by atoms with Crippen molar-refractivity contribution in [3.63, 3.8) is 0 Å². The van der Waals surface area contributed by atoms with Gasteiger partial charge < -0.3 is 56.6 Å². The molecule has 0 fully saturated rings. The van der Waals surface area contributed by atoms with Crippen LogP contribution in [0.25, 0.3) is 0 Å². The quantitative estimate of drug-likeness (QED) is 0.0500. The molecule has 0 aromatic carbocycles. The second-order valence-corrected chi connectivity index (χ2v) is 8.66. The first-order chi connectivity index (χ1) is 19.1. The number of carbonyl (C=O) groups is 5. The van der Waals surface area contributed by atoms with Gasteiger partial charge in [0.2, 0.25) is 17.7 Å². The number of amides is 3. The summed E-state index contributed by atoms with van der Waals surface area (Å²) in [4.78, 5) is 56.1. The lowest BCUT2D eigenvalue weighted by Crippen LogP contribution is -2.33. The second-order valence-electron chi connectivity index (χ2n) is 8.66. The highest BCUT2D eigenvalue weighted by atomic mass is 16.5. The second kappa shape index (κ2) is 25.1. The number of carbonyl (C=O) groups excluding carboxylic acids is 3. The largest absolute Gasteiger partial charge is 0.480 e. The Labute approximate surface area is 233 Å². The van der Waals surface area contributed by atoms with Crippen LogP contribution in [0.5, 0.6) is 0 Å². The van der Waals surface area contributed by atoms with Crippen LogP contribution in [-0.2, 0) is 42.9 Å². The van der Waals surface area contributed by atoms with E-state index in [1.807, 2.05) is 0 Å². The molecule has 0 bridgehead atoms. The molecule has 16 heteroatoms. The third-order valence-corrected chi connectivity index (χ3v) is 5.15. The summed E-state index contributed by atoms with van der Waals surface area (Å²) in [5.41, 5.74) is 10.7. The fourth-order valence-electron chi connectivity index (χ4n) is 2.88. The number of ether oxygens (including phenoxy) is 4. The molecule has 0 aromatic rings. The molecular weight excluding hydrogens is 534 g/mol. The van der Waals surface area contributed by atoms with Gasteiger partial charge in [0.05, 0.1) is 33.0 Å². The Morgan fingerprint density at radius 2 is 1.02 bits per heavy atom. The van der Waals surface area contributed by atoms with Crippen molar-refractivity contribution in [3.8, 4) is 0 Å². The van der Waals surface area contributed by atoms with E-state index in [9.17, 15) is 24.0 Å². The highest BCUT2D eigenvalue weighted by molar-refractivity contribution is 5.78. The lowest BCUT2D eigenvalue weighted by molar-refractivity contribution is -0.139. The van der Waals surface area contributed by atoms with Gasteiger partial charge in [-0.25, -0.2) is 0 Å². The molecule has 0 aliphatic carbocycles. The van der Waals surface area contributed by atoms with Crippen LogP contribution in [0, 0.1) is 0 Å². The maximum Gasteiger partial charge on any atom is 0.320 e. The minimum atomic E-state index is -1.14. The number of hydrogen-bond acceptors (Lipinski definition) is 11.